The van der Waals surface area contributed by atoms with Gasteiger partial charge in [0.25, 0.3) is 0 Å². The molecule has 3 nitrogen and oxygen atoms in total. The van der Waals surface area contributed by atoms with Gasteiger partial charge in [-0.25, -0.2) is 4.79 Å². The van der Waals surface area contributed by atoms with Gasteiger partial charge in [0.1, 0.15) is 6.10 Å². The Bertz CT molecular complexity index is 400. The summed E-state index contributed by atoms with van der Waals surface area (Å²) in [5, 5.41) is 9.70. The van der Waals surface area contributed by atoms with Gasteiger partial charge >= 0.3 is 5.97 Å². The number of hydrogen-bond donors (Lipinski definition) is 1. The SMILES string of the molecule is C=C(C)C(=O)OC1CC(O)=C(/C=C\C=C/C)C1. The molecule has 17 heavy (non-hydrogen) atoms. The topological polar surface area (TPSA) is 46.5 Å². The Kier molecular flexibility index (Phi) is 4.76. The van der Waals surface area contributed by atoms with Gasteiger partial charge in [-0.3, -0.25) is 0 Å². The minimum Gasteiger partial charge on any atom is -0.512 e. The highest BCUT2D eigenvalue weighted by molar-refractivity contribution is 5.87. The Balaban J connectivity index is 2.54. The van der Waals surface area contributed by atoms with E-state index in [0.29, 0.717) is 24.2 Å². The molecule has 92 valence electrons. The number of allylic oxidation sites excluding steroid dienone is 4. The van der Waals surface area contributed by atoms with Gasteiger partial charge in [-0.2, -0.15) is 0 Å². The van der Waals surface area contributed by atoms with E-state index < -0.39 is 5.97 Å². The maximum Gasteiger partial charge on any atom is 0.333 e. The van der Waals surface area contributed by atoms with Gasteiger partial charge in [-0.1, -0.05) is 30.9 Å². The van der Waals surface area contributed by atoms with Crippen LogP contribution in [-0.2, 0) is 9.53 Å². The van der Waals surface area contributed by atoms with E-state index in [2.05, 4.69) is 6.58 Å². The van der Waals surface area contributed by atoms with Gasteiger partial charge < -0.3 is 9.84 Å². The molecular formula is C14H18O3. The van der Waals surface area contributed by atoms with Gasteiger partial charge in [-0.05, 0) is 19.4 Å². The molecule has 3 heteroatoms. The van der Waals surface area contributed by atoms with Crippen molar-refractivity contribution in [2.24, 2.45) is 0 Å². The Morgan fingerprint density at radius 2 is 2.18 bits per heavy atom. The third-order valence-electron chi connectivity index (χ3n) is 2.46. The molecule has 0 amide bonds. The van der Waals surface area contributed by atoms with Gasteiger partial charge in [-0.15, -0.1) is 0 Å². The highest BCUT2D eigenvalue weighted by atomic mass is 16.5. The number of hydrogen-bond acceptors (Lipinski definition) is 3. The number of carbonyl (C=O) groups is 1. The molecule has 1 aliphatic rings. The van der Waals surface area contributed by atoms with Crippen molar-refractivity contribution >= 4 is 5.97 Å². The summed E-state index contributed by atoms with van der Waals surface area (Å²) in [6, 6.07) is 0. The summed E-state index contributed by atoms with van der Waals surface area (Å²) < 4.78 is 5.19. The predicted octanol–water partition coefficient (Wildman–Crippen LogP) is 3.21. The van der Waals surface area contributed by atoms with E-state index >= 15 is 0 Å². The molecule has 0 saturated heterocycles. The summed E-state index contributed by atoms with van der Waals surface area (Å²) in [6.07, 6.45) is 8.14. The summed E-state index contributed by atoms with van der Waals surface area (Å²) in [7, 11) is 0. The summed E-state index contributed by atoms with van der Waals surface area (Å²) in [5.74, 6) is -0.105. The average molecular weight is 234 g/mol. The van der Waals surface area contributed by atoms with Crippen LogP contribution in [0.5, 0.6) is 0 Å². The number of rotatable bonds is 4. The molecule has 0 aromatic heterocycles. The molecule has 0 aromatic carbocycles. The average Bonchev–Trinajstić information content (AvgIpc) is 2.59. The van der Waals surface area contributed by atoms with Crippen molar-refractivity contribution in [3.8, 4) is 0 Å². The van der Waals surface area contributed by atoms with Gasteiger partial charge in [0, 0.05) is 18.4 Å². The number of carbonyl (C=O) groups excluding carboxylic acids is 1. The quantitative estimate of drug-likeness (QED) is 0.461. The number of ether oxygens (including phenoxy) is 1. The second-order valence-corrected chi connectivity index (χ2v) is 4.07. The monoisotopic (exact) mass is 234 g/mol. The molecule has 0 saturated carbocycles. The van der Waals surface area contributed by atoms with Crippen LogP contribution in [0.1, 0.15) is 26.7 Å². The van der Waals surface area contributed by atoms with E-state index in [1.165, 1.54) is 0 Å². The first-order valence-electron chi connectivity index (χ1n) is 5.61. The Morgan fingerprint density at radius 1 is 1.47 bits per heavy atom. The van der Waals surface area contributed by atoms with Crippen LogP contribution >= 0.6 is 0 Å². The lowest BCUT2D eigenvalue weighted by atomic mass is 10.2. The number of aliphatic hydroxyl groups is 1. The highest BCUT2D eigenvalue weighted by Crippen LogP contribution is 2.28. The third-order valence-corrected chi connectivity index (χ3v) is 2.46. The Labute approximate surface area is 102 Å². The van der Waals surface area contributed by atoms with E-state index in [9.17, 15) is 9.90 Å². The van der Waals surface area contributed by atoms with E-state index in [1.54, 1.807) is 6.92 Å². The van der Waals surface area contributed by atoms with Crippen LogP contribution < -0.4 is 0 Å². The van der Waals surface area contributed by atoms with Crippen LogP contribution in [0.25, 0.3) is 0 Å². The maximum atomic E-state index is 11.3. The van der Waals surface area contributed by atoms with Crippen LogP contribution in [0.3, 0.4) is 0 Å². The fraction of sp³-hybridized carbons (Fsp3) is 0.357. The first-order valence-corrected chi connectivity index (χ1v) is 5.61. The van der Waals surface area contributed by atoms with Crippen LogP contribution in [-0.4, -0.2) is 17.2 Å². The largest absolute Gasteiger partial charge is 0.512 e. The zero-order valence-corrected chi connectivity index (χ0v) is 10.3. The zero-order chi connectivity index (χ0) is 12.8. The molecule has 0 fully saturated rings. The van der Waals surface area contributed by atoms with Crippen LogP contribution in [0.15, 0.2) is 47.8 Å². The molecule has 0 bridgehead atoms. The van der Waals surface area contributed by atoms with Gasteiger partial charge in [0.15, 0.2) is 0 Å². The number of aliphatic hydroxyl groups excluding tert-OH is 1. The molecule has 1 unspecified atom stereocenters. The fourth-order valence-electron chi connectivity index (χ4n) is 1.56. The molecule has 0 aromatic rings. The zero-order valence-electron chi connectivity index (χ0n) is 10.3. The first kappa shape index (κ1) is 13.3. The molecule has 1 aliphatic carbocycles. The van der Waals surface area contributed by atoms with Crippen molar-refractivity contribution in [2.75, 3.05) is 0 Å². The summed E-state index contributed by atoms with van der Waals surface area (Å²) in [5.41, 5.74) is 1.20. The molecular weight excluding hydrogens is 216 g/mol. The molecule has 0 aliphatic heterocycles. The summed E-state index contributed by atoms with van der Waals surface area (Å²) in [4.78, 5) is 11.3. The van der Waals surface area contributed by atoms with Gasteiger partial charge in [0.05, 0.1) is 5.76 Å². The lowest BCUT2D eigenvalue weighted by Crippen LogP contribution is -2.15. The van der Waals surface area contributed by atoms with Crippen LogP contribution in [0, 0.1) is 0 Å². The Morgan fingerprint density at radius 3 is 2.76 bits per heavy atom. The smallest absolute Gasteiger partial charge is 0.333 e. The van der Waals surface area contributed by atoms with Crippen LogP contribution in [0.4, 0.5) is 0 Å². The standard InChI is InChI=1S/C14H18O3/c1-4-5-6-7-11-8-12(9-13(11)15)17-14(16)10(2)3/h4-7,12,15H,2,8-9H2,1,3H3/b5-4-,7-6-. The molecule has 0 heterocycles. The van der Waals surface area contributed by atoms with E-state index in [-0.39, 0.29) is 6.10 Å². The second-order valence-electron chi connectivity index (χ2n) is 4.07. The molecule has 1 atom stereocenters. The van der Waals surface area contributed by atoms with Crippen molar-refractivity contribution in [2.45, 2.75) is 32.8 Å². The lowest BCUT2D eigenvalue weighted by Gasteiger charge is -2.11. The molecule has 1 N–H and O–H groups in total. The van der Waals surface area contributed by atoms with Crippen molar-refractivity contribution in [3.05, 3.63) is 47.8 Å². The molecule has 0 spiro atoms. The van der Waals surface area contributed by atoms with E-state index in [1.807, 2.05) is 31.2 Å². The first-order chi connectivity index (χ1) is 8.04. The van der Waals surface area contributed by atoms with Crippen molar-refractivity contribution in [1.29, 1.82) is 0 Å². The van der Waals surface area contributed by atoms with E-state index in [4.69, 9.17) is 4.74 Å². The minimum absolute atomic E-state index is 0.274. The summed E-state index contributed by atoms with van der Waals surface area (Å²) >= 11 is 0. The Hall–Kier alpha value is -1.77. The number of esters is 1. The second kappa shape index (κ2) is 6.09. The van der Waals surface area contributed by atoms with E-state index in [0.717, 1.165) is 5.57 Å². The van der Waals surface area contributed by atoms with Crippen LogP contribution in [0.2, 0.25) is 0 Å². The van der Waals surface area contributed by atoms with Crippen molar-refractivity contribution in [3.63, 3.8) is 0 Å². The van der Waals surface area contributed by atoms with Crippen molar-refractivity contribution < 1.29 is 14.6 Å². The fourth-order valence-corrected chi connectivity index (χ4v) is 1.56. The maximum absolute atomic E-state index is 11.3. The minimum atomic E-state index is -0.401. The summed E-state index contributed by atoms with van der Waals surface area (Å²) in [6.45, 7) is 7.05. The predicted molar refractivity (Wildman–Crippen MR) is 67.5 cm³/mol. The lowest BCUT2D eigenvalue weighted by molar-refractivity contribution is -0.143. The molecule has 1 rings (SSSR count). The van der Waals surface area contributed by atoms with Crippen molar-refractivity contribution in [1.82, 2.24) is 0 Å². The van der Waals surface area contributed by atoms with Gasteiger partial charge in [0.2, 0.25) is 0 Å². The normalized spacial score (nSPS) is 20.5. The third kappa shape index (κ3) is 3.94. The molecule has 0 radical (unpaired) electrons. The highest BCUT2D eigenvalue weighted by Gasteiger charge is 2.25.